The molecule has 0 aromatic rings. The van der Waals surface area contributed by atoms with E-state index in [0.29, 0.717) is 0 Å². The second kappa shape index (κ2) is 9.25. The molecule has 3 heteroatoms. The molecule has 19 heavy (non-hydrogen) atoms. The molecule has 0 N–H and O–H groups in total. The van der Waals surface area contributed by atoms with Crippen LogP contribution in [0, 0.1) is 5.92 Å². The largest absolute Gasteiger partial charge is 0.303 e. The summed E-state index contributed by atoms with van der Waals surface area (Å²) in [5.41, 5.74) is 0. The van der Waals surface area contributed by atoms with Gasteiger partial charge in [0.15, 0.2) is 0 Å². The van der Waals surface area contributed by atoms with Gasteiger partial charge in [-0.3, -0.25) is 0 Å². The third-order valence-electron chi connectivity index (χ3n) is 4.80. The van der Waals surface area contributed by atoms with E-state index in [2.05, 4.69) is 22.4 Å². The number of unbranched alkanes of at least 4 members (excludes halogenated alkanes) is 3. The third-order valence-corrected chi connectivity index (χ3v) is 5.12. The van der Waals surface area contributed by atoms with Crippen LogP contribution in [-0.2, 0) is 0 Å². The maximum atomic E-state index is 4.27. The van der Waals surface area contributed by atoms with Gasteiger partial charge in [0.1, 0.15) is 0 Å². The molecule has 2 heterocycles. The molecule has 2 aliphatic heterocycles. The van der Waals surface area contributed by atoms with Gasteiger partial charge < -0.3 is 9.80 Å². The minimum absolute atomic E-state index is 0.985. The molecule has 2 fully saturated rings. The summed E-state index contributed by atoms with van der Waals surface area (Å²) in [7, 11) is 0. The summed E-state index contributed by atoms with van der Waals surface area (Å²) in [5.74, 6) is 2.04. The highest BCUT2D eigenvalue weighted by Gasteiger charge is 2.22. The fourth-order valence-electron chi connectivity index (χ4n) is 3.52. The van der Waals surface area contributed by atoms with E-state index >= 15 is 0 Å². The van der Waals surface area contributed by atoms with Gasteiger partial charge in [0.2, 0.25) is 0 Å². The number of hydrogen-bond acceptors (Lipinski definition) is 3. The third kappa shape index (κ3) is 6.05. The van der Waals surface area contributed by atoms with Gasteiger partial charge in [-0.1, -0.05) is 12.8 Å². The van der Waals surface area contributed by atoms with E-state index in [1.165, 1.54) is 90.6 Å². The molecule has 2 rings (SSSR count). The zero-order valence-electron chi connectivity index (χ0n) is 12.5. The Morgan fingerprint density at radius 1 is 0.789 bits per heavy atom. The number of likely N-dealkylation sites (tertiary alicyclic amines) is 2. The minimum atomic E-state index is 0.985. The number of nitrogens with zero attached hydrogens (tertiary/aromatic N) is 2. The first-order chi connectivity index (χ1) is 9.38. The van der Waals surface area contributed by atoms with Crippen LogP contribution in [-0.4, -0.2) is 54.8 Å². The van der Waals surface area contributed by atoms with Gasteiger partial charge in [-0.05, 0) is 82.9 Å². The van der Waals surface area contributed by atoms with Crippen LogP contribution in [0.25, 0.3) is 0 Å². The molecule has 0 bridgehead atoms. The Hall–Kier alpha value is 0.270. The number of thiol groups is 1. The lowest BCUT2D eigenvalue weighted by molar-refractivity contribution is 0.152. The van der Waals surface area contributed by atoms with Crippen molar-refractivity contribution in [2.45, 2.75) is 51.4 Å². The highest BCUT2D eigenvalue weighted by Crippen LogP contribution is 2.21. The molecule has 0 aromatic heterocycles. The Bertz CT molecular complexity index is 221. The molecule has 2 saturated heterocycles. The van der Waals surface area contributed by atoms with Crippen LogP contribution in [0.2, 0.25) is 0 Å². The van der Waals surface area contributed by atoms with Gasteiger partial charge in [-0.2, -0.15) is 12.6 Å². The molecule has 112 valence electrons. The Kier molecular flexibility index (Phi) is 7.62. The van der Waals surface area contributed by atoms with Crippen molar-refractivity contribution in [3.05, 3.63) is 0 Å². The molecule has 0 atom stereocenters. The van der Waals surface area contributed by atoms with Crippen molar-refractivity contribution in [3.8, 4) is 0 Å². The van der Waals surface area contributed by atoms with Crippen molar-refractivity contribution in [2.24, 2.45) is 5.92 Å². The summed E-state index contributed by atoms with van der Waals surface area (Å²) in [5, 5.41) is 0. The molecule has 2 nitrogen and oxygen atoms in total. The molecular weight excluding hydrogens is 252 g/mol. The van der Waals surface area contributed by atoms with E-state index in [0.717, 1.165) is 11.7 Å². The quantitative estimate of drug-likeness (QED) is 0.540. The molecule has 0 saturated carbocycles. The Morgan fingerprint density at radius 3 is 2.16 bits per heavy atom. The van der Waals surface area contributed by atoms with Crippen molar-refractivity contribution in [1.29, 1.82) is 0 Å². The first kappa shape index (κ1) is 15.7. The highest BCUT2D eigenvalue weighted by atomic mass is 32.1. The molecule has 0 aromatic carbocycles. The minimum Gasteiger partial charge on any atom is -0.303 e. The van der Waals surface area contributed by atoms with E-state index in [1.807, 2.05) is 0 Å². The van der Waals surface area contributed by atoms with Gasteiger partial charge in [0.25, 0.3) is 0 Å². The average molecular weight is 285 g/mol. The number of piperidine rings is 1. The maximum Gasteiger partial charge on any atom is 0.00106 e. The van der Waals surface area contributed by atoms with E-state index in [9.17, 15) is 0 Å². The van der Waals surface area contributed by atoms with Gasteiger partial charge in [0, 0.05) is 6.54 Å². The summed E-state index contributed by atoms with van der Waals surface area (Å²) >= 11 is 4.27. The average Bonchev–Trinajstić information content (AvgIpc) is 2.93. The fourth-order valence-corrected chi connectivity index (χ4v) is 3.75. The highest BCUT2D eigenvalue weighted by molar-refractivity contribution is 7.80. The Balaban J connectivity index is 1.50. The summed E-state index contributed by atoms with van der Waals surface area (Å²) in [6.07, 6.45) is 11.2. The van der Waals surface area contributed by atoms with Crippen molar-refractivity contribution in [2.75, 3.05) is 45.0 Å². The standard InChI is InChI=1S/C16H32N2S/c19-14-6-2-1-3-9-17-12-7-16(8-13-17)15-18-10-4-5-11-18/h16,19H,1-15H2. The number of hydrogen-bond donors (Lipinski definition) is 1. The first-order valence-corrected chi connectivity index (χ1v) is 9.07. The van der Waals surface area contributed by atoms with Crippen LogP contribution in [0.15, 0.2) is 0 Å². The molecule has 0 amide bonds. The van der Waals surface area contributed by atoms with Crippen LogP contribution in [0.5, 0.6) is 0 Å². The molecule has 0 spiro atoms. The predicted molar refractivity (Wildman–Crippen MR) is 87.2 cm³/mol. The van der Waals surface area contributed by atoms with Crippen molar-refractivity contribution in [3.63, 3.8) is 0 Å². The smallest absolute Gasteiger partial charge is 0.00106 e. The van der Waals surface area contributed by atoms with Crippen LogP contribution >= 0.6 is 12.6 Å². The van der Waals surface area contributed by atoms with Crippen molar-refractivity contribution >= 4 is 12.6 Å². The Labute approximate surface area is 125 Å². The monoisotopic (exact) mass is 284 g/mol. The molecule has 0 unspecified atom stereocenters. The number of rotatable bonds is 8. The SMILES string of the molecule is SCCCCCCN1CCC(CN2CCCC2)CC1. The van der Waals surface area contributed by atoms with Gasteiger partial charge in [-0.25, -0.2) is 0 Å². The second-order valence-electron chi connectivity index (χ2n) is 6.43. The lowest BCUT2D eigenvalue weighted by Gasteiger charge is -2.33. The van der Waals surface area contributed by atoms with Gasteiger partial charge in [-0.15, -0.1) is 0 Å². The zero-order chi connectivity index (χ0) is 13.3. The topological polar surface area (TPSA) is 6.48 Å². The van der Waals surface area contributed by atoms with Crippen LogP contribution in [0.4, 0.5) is 0 Å². The van der Waals surface area contributed by atoms with Gasteiger partial charge >= 0.3 is 0 Å². The first-order valence-electron chi connectivity index (χ1n) is 8.44. The zero-order valence-corrected chi connectivity index (χ0v) is 13.4. The summed E-state index contributed by atoms with van der Waals surface area (Å²) in [6, 6.07) is 0. The molecule has 0 aliphatic carbocycles. The van der Waals surface area contributed by atoms with E-state index in [4.69, 9.17) is 0 Å². The van der Waals surface area contributed by atoms with E-state index in [-0.39, 0.29) is 0 Å². The summed E-state index contributed by atoms with van der Waals surface area (Å²) < 4.78 is 0. The van der Waals surface area contributed by atoms with E-state index < -0.39 is 0 Å². The van der Waals surface area contributed by atoms with Crippen LogP contribution in [0.3, 0.4) is 0 Å². The van der Waals surface area contributed by atoms with E-state index in [1.54, 1.807) is 0 Å². The maximum absolute atomic E-state index is 4.27. The van der Waals surface area contributed by atoms with Crippen molar-refractivity contribution in [1.82, 2.24) is 9.80 Å². The normalized spacial score (nSPS) is 23.2. The predicted octanol–water partition coefficient (Wildman–Crippen LogP) is 3.28. The summed E-state index contributed by atoms with van der Waals surface area (Å²) in [4.78, 5) is 5.39. The van der Waals surface area contributed by atoms with Crippen LogP contribution in [0.1, 0.15) is 51.4 Å². The molecule has 0 radical (unpaired) electrons. The molecular formula is C16H32N2S. The lowest BCUT2D eigenvalue weighted by Crippen LogP contribution is -2.38. The van der Waals surface area contributed by atoms with Crippen LogP contribution < -0.4 is 0 Å². The fraction of sp³-hybridized carbons (Fsp3) is 1.00. The second-order valence-corrected chi connectivity index (χ2v) is 6.88. The van der Waals surface area contributed by atoms with Crippen molar-refractivity contribution < 1.29 is 0 Å². The van der Waals surface area contributed by atoms with Gasteiger partial charge in [0.05, 0.1) is 0 Å². The summed E-state index contributed by atoms with van der Waals surface area (Å²) in [6.45, 7) is 8.16. The Morgan fingerprint density at radius 2 is 1.47 bits per heavy atom. The lowest BCUT2D eigenvalue weighted by atomic mass is 9.96. The molecule has 2 aliphatic rings.